The average molecular weight is 315 g/mol. The molecule has 0 aromatic carbocycles. The van der Waals surface area contributed by atoms with Gasteiger partial charge in [0.1, 0.15) is 0 Å². The molecule has 0 radical (unpaired) electrons. The number of nitrogens with one attached hydrogen (secondary N) is 1. The van der Waals surface area contributed by atoms with Crippen LogP contribution < -0.4 is 5.32 Å². The number of halogens is 1. The summed E-state index contributed by atoms with van der Waals surface area (Å²) >= 11 is 7.26. The van der Waals surface area contributed by atoms with E-state index in [-0.39, 0.29) is 17.1 Å². The van der Waals surface area contributed by atoms with Crippen molar-refractivity contribution in [1.29, 1.82) is 0 Å². The number of likely N-dealkylation sites (N-methyl/N-ethyl adjacent to an activating group) is 1. The number of allylic oxidation sites excluding steroid dienone is 2. The van der Waals surface area contributed by atoms with Crippen molar-refractivity contribution in [3.05, 3.63) is 22.8 Å². The Morgan fingerprint density at radius 3 is 3.15 bits per heavy atom. The molecule has 2 aliphatic rings. The van der Waals surface area contributed by atoms with Gasteiger partial charge in [0.15, 0.2) is 5.78 Å². The van der Waals surface area contributed by atoms with Crippen LogP contribution in [0.1, 0.15) is 25.7 Å². The number of hydrogen-bond acceptors (Lipinski definition) is 4. The van der Waals surface area contributed by atoms with E-state index >= 15 is 0 Å². The van der Waals surface area contributed by atoms with Gasteiger partial charge >= 0.3 is 0 Å². The van der Waals surface area contributed by atoms with Crippen LogP contribution in [-0.4, -0.2) is 41.4 Å². The Bertz CT molecular complexity index is 462. The van der Waals surface area contributed by atoms with Gasteiger partial charge in [-0.25, -0.2) is 0 Å². The van der Waals surface area contributed by atoms with E-state index in [1.165, 1.54) is 0 Å². The summed E-state index contributed by atoms with van der Waals surface area (Å²) in [6.45, 7) is 0.650. The number of nitrogens with zero attached hydrogens (tertiary/aromatic N) is 1. The Hall–Kier alpha value is -0.940. The Kier molecular flexibility index (Phi) is 5.54. The minimum Gasteiger partial charge on any atom is -0.362 e. The summed E-state index contributed by atoms with van der Waals surface area (Å²) in [6.07, 6.45) is 6.27. The molecule has 1 unspecified atom stereocenters. The van der Waals surface area contributed by atoms with Gasteiger partial charge in [0.05, 0.1) is 5.37 Å². The van der Waals surface area contributed by atoms with Gasteiger partial charge in [-0.1, -0.05) is 17.8 Å². The third-order valence-electron chi connectivity index (χ3n) is 3.37. The SMILES string of the molecule is CN1C2=CCC(=O)C=C2SC1CCNC(=O)CCCCl. The topological polar surface area (TPSA) is 49.4 Å². The maximum absolute atomic E-state index is 11.5. The van der Waals surface area contributed by atoms with Gasteiger partial charge < -0.3 is 10.2 Å². The smallest absolute Gasteiger partial charge is 0.220 e. The third-order valence-corrected chi connectivity index (χ3v) is 5.04. The first-order valence-corrected chi connectivity index (χ1v) is 8.20. The summed E-state index contributed by atoms with van der Waals surface area (Å²) in [4.78, 5) is 26.1. The van der Waals surface area contributed by atoms with E-state index in [9.17, 15) is 9.59 Å². The predicted molar refractivity (Wildman–Crippen MR) is 82.5 cm³/mol. The minimum absolute atomic E-state index is 0.0577. The lowest BCUT2D eigenvalue weighted by Gasteiger charge is -2.21. The Labute approximate surface area is 128 Å². The van der Waals surface area contributed by atoms with Crippen LogP contribution in [0.25, 0.3) is 0 Å². The molecule has 1 saturated heterocycles. The van der Waals surface area contributed by atoms with Crippen LogP contribution in [0.4, 0.5) is 0 Å². The van der Waals surface area contributed by atoms with E-state index < -0.39 is 0 Å². The normalized spacial score (nSPS) is 21.4. The van der Waals surface area contributed by atoms with E-state index in [1.807, 2.05) is 13.1 Å². The van der Waals surface area contributed by atoms with Crippen molar-refractivity contribution >= 4 is 35.1 Å². The zero-order chi connectivity index (χ0) is 14.5. The van der Waals surface area contributed by atoms with Gasteiger partial charge in [0.2, 0.25) is 5.91 Å². The molecular formula is C14H19ClN2O2S. The first kappa shape index (κ1) is 15.4. The summed E-state index contributed by atoms with van der Waals surface area (Å²) in [5.74, 6) is 0.743. The zero-order valence-corrected chi connectivity index (χ0v) is 13.1. The van der Waals surface area contributed by atoms with E-state index in [1.54, 1.807) is 17.8 Å². The summed E-state index contributed by atoms with van der Waals surface area (Å²) in [5, 5.41) is 3.20. The number of carbonyl (C=O) groups excluding carboxylic acids is 2. The van der Waals surface area contributed by atoms with Crippen molar-refractivity contribution < 1.29 is 9.59 Å². The molecule has 1 fully saturated rings. The number of thioether (sulfide) groups is 1. The average Bonchev–Trinajstić information content (AvgIpc) is 2.72. The number of rotatable bonds is 6. The second kappa shape index (κ2) is 7.18. The molecule has 0 aromatic heterocycles. The van der Waals surface area contributed by atoms with Crippen LogP contribution >= 0.6 is 23.4 Å². The van der Waals surface area contributed by atoms with Gasteiger partial charge in [0.25, 0.3) is 0 Å². The molecule has 4 nitrogen and oxygen atoms in total. The van der Waals surface area contributed by atoms with Crippen molar-refractivity contribution in [2.24, 2.45) is 0 Å². The van der Waals surface area contributed by atoms with E-state index in [0.29, 0.717) is 31.7 Å². The molecule has 1 aliphatic heterocycles. The lowest BCUT2D eigenvalue weighted by molar-refractivity contribution is -0.121. The molecule has 1 aliphatic carbocycles. The van der Waals surface area contributed by atoms with E-state index in [2.05, 4.69) is 10.2 Å². The Balaban J connectivity index is 1.79. The lowest BCUT2D eigenvalue weighted by atomic mass is 10.1. The standard InChI is InChI=1S/C14H19ClN2O2S/c1-17-11-5-4-10(18)9-12(11)20-14(17)6-8-16-13(19)3-2-7-15/h5,9,14H,2-4,6-8H2,1H3,(H,16,19). The number of amides is 1. The maximum atomic E-state index is 11.5. The monoisotopic (exact) mass is 314 g/mol. The number of alkyl halides is 1. The summed E-state index contributed by atoms with van der Waals surface area (Å²) in [5.41, 5.74) is 1.15. The fraction of sp³-hybridized carbons (Fsp3) is 0.571. The van der Waals surface area contributed by atoms with Crippen LogP contribution in [0.15, 0.2) is 22.8 Å². The number of carbonyl (C=O) groups is 2. The molecule has 2 rings (SSSR count). The third kappa shape index (κ3) is 3.79. The molecule has 0 spiro atoms. The van der Waals surface area contributed by atoms with Gasteiger partial charge in [-0.15, -0.1) is 11.6 Å². The van der Waals surface area contributed by atoms with Crippen LogP contribution in [0, 0.1) is 0 Å². The van der Waals surface area contributed by atoms with Crippen molar-refractivity contribution in [2.75, 3.05) is 19.5 Å². The highest BCUT2D eigenvalue weighted by molar-refractivity contribution is 8.04. The first-order valence-electron chi connectivity index (χ1n) is 6.79. The zero-order valence-electron chi connectivity index (χ0n) is 11.5. The molecule has 0 bridgehead atoms. The van der Waals surface area contributed by atoms with Gasteiger partial charge in [-0.05, 0) is 18.9 Å². The largest absolute Gasteiger partial charge is 0.362 e. The molecular weight excluding hydrogens is 296 g/mol. The van der Waals surface area contributed by atoms with E-state index in [4.69, 9.17) is 11.6 Å². The lowest BCUT2D eigenvalue weighted by Crippen LogP contribution is -2.30. The highest BCUT2D eigenvalue weighted by Gasteiger charge is 2.31. The number of ketones is 1. The molecule has 1 N–H and O–H groups in total. The Morgan fingerprint density at radius 2 is 2.40 bits per heavy atom. The van der Waals surface area contributed by atoms with Crippen molar-refractivity contribution in [3.8, 4) is 0 Å². The molecule has 20 heavy (non-hydrogen) atoms. The number of hydrogen-bond donors (Lipinski definition) is 1. The molecule has 1 heterocycles. The molecule has 1 atom stereocenters. The van der Waals surface area contributed by atoms with Crippen LogP contribution in [0.3, 0.4) is 0 Å². The van der Waals surface area contributed by atoms with Gasteiger partial charge in [-0.3, -0.25) is 9.59 Å². The minimum atomic E-state index is 0.0577. The molecule has 6 heteroatoms. The summed E-state index contributed by atoms with van der Waals surface area (Å²) in [7, 11) is 2.04. The van der Waals surface area contributed by atoms with Gasteiger partial charge in [0, 0.05) is 42.9 Å². The quantitative estimate of drug-likeness (QED) is 0.764. The highest BCUT2D eigenvalue weighted by atomic mass is 35.5. The van der Waals surface area contributed by atoms with Crippen LogP contribution in [0.2, 0.25) is 0 Å². The Morgan fingerprint density at radius 1 is 1.60 bits per heavy atom. The first-order chi connectivity index (χ1) is 9.61. The summed E-state index contributed by atoms with van der Waals surface area (Å²) in [6, 6.07) is 0. The molecule has 0 saturated carbocycles. The van der Waals surface area contributed by atoms with Crippen LogP contribution in [-0.2, 0) is 9.59 Å². The maximum Gasteiger partial charge on any atom is 0.220 e. The predicted octanol–water partition coefficient (Wildman–Crippen LogP) is 2.26. The van der Waals surface area contributed by atoms with Crippen molar-refractivity contribution in [2.45, 2.75) is 31.1 Å². The van der Waals surface area contributed by atoms with Crippen LogP contribution in [0.5, 0.6) is 0 Å². The summed E-state index contributed by atoms with van der Waals surface area (Å²) < 4.78 is 0. The van der Waals surface area contributed by atoms with Crippen molar-refractivity contribution in [1.82, 2.24) is 10.2 Å². The fourth-order valence-corrected chi connectivity index (χ4v) is 3.75. The molecule has 0 aromatic rings. The van der Waals surface area contributed by atoms with Crippen molar-refractivity contribution in [3.63, 3.8) is 0 Å². The van der Waals surface area contributed by atoms with E-state index in [0.717, 1.165) is 17.0 Å². The highest BCUT2D eigenvalue weighted by Crippen LogP contribution is 2.43. The fourth-order valence-electron chi connectivity index (χ4n) is 2.27. The number of fused-ring (bicyclic) bond motifs is 1. The second-order valence-electron chi connectivity index (χ2n) is 4.88. The molecule has 1 amide bonds. The van der Waals surface area contributed by atoms with Gasteiger partial charge in [-0.2, -0.15) is 0 Å². The molecule has 110 valence electrons. The second-order valence-corrected chi connectivity index (χ2v) is 6.48.